The SMILES string of the molecule is CCCN(CCC)C(=O)c1cccc(C(=O)N[C@@H](Cc2cccc(C)c2)[C@@H](N)C[C@@H](C)C(=O)NCC2CCCC2)c1. The molecule has 3 atom stereocenters. The van der Waals surface area contributed by atoms with Crippen molar-refractivity contribution in [3.8, 4) is 0 Å². The van der Waals surface area contributed by atoms with E-state index >= 15 is 0 Å². The Morgan fingerprint density at radius 1 is 0.976 bits per heavy atom. The number of aryl methyl sites for hydroxylation is 1. The van der Waals surface area contributed by atoms with Gasteiger partial charge in [-0.2, -0.15) is 0 Å². The van der Waals surface area contributed by atoms with Crippen molar-refractivity contribution in [3.05, 3.63) is 70.8 Å². The first kappa shape index (κ1) is 32.3. The van der Waals surface area contributed by atoms with Gasteiger partial charge in [-0.05, 0) is 75.1 Å². The normalized spacial score (nSPS) is 15.6. The zero-order valence-corrected chi connectivity index (χ0v) is 25.5. The zero-order chi connectivity index (χ0) is 29.8. The number of nitrogens with one attached hydrogen (secondary N) is 2. The fraction of sp³-hybridized carbons (Fsp3) is 0.559. The summed E-state index contributed by atoms with van der Waals surface area (Å²) in [5, 5.41) is 6.27. The maximum absolute atomic E-state index is 13.5. The summed E-state index contributed by atoms with van der Waals surface area (Å²) in [6.07, 6.45) is 7.60. The van der Waals surface area contributed by atoms with E-state index in [4.69, 9.17) is 5.73 Å². The molecule has 1 saturated carbocycles. The summed E-state index contributed by atoms with van der Waals surface area (Å²) >= 11 is 0. The Labute approximate surface area is 246 Å². The van der Waals surface area contributed by atoms with Gasteiger partial charge >= 0.3 is 0 Å². The third kappa shape index (κ3) is 9.99. The number of carbonyl (C=O) groups excluding carboxylic acids is 3. The number of rotatable bonds is 15. The van der Waals surface area contributed by atoms with Crippen LogP contribution in [-0.4, -0.2) is 54.3 Å². The molecule has 3 rings (SSSR count). The van der Waals surface area contributed by atoms with Crippen LogP contribution in [-0.2, 0) is 11.2 Å². The van der Waals surface area contributed by atoms with E-state index < -0.39 is 6.04 Å². The fourth-order valence-corrected chi connectivity index (χ4v) is 5.80. The highest BCUT2D eigenvalue weighted by Crippen LogP contribution is 2.24. The van der Waals surface area contributed by atoms with Crippen molar-refractivity contribution < 1.29 is 14.4 Å². The average Bonchev–Trinajstić information content (AvgIpc) is 3.49. The summed E-state index contributed by atoms with van der Waals surface area (Å²) in [6.45, 7) is 10.1. The van der Waals surface area contributed by atoms with E-state index in [1.165, 1.54) is 25.7 Å². The molecule has 0 heterocycles. The molecule has 0 aromatic heterocycles. The number of hydrogen-bond donors (Lipinski definition) is 3. The minimum atomic E-state index is -0.430. The maximum atomic E-state index is 13.5. The molecule has 1 aliphatic carbocycles. The topological polar surface area (TPSA) is 105 Å². The van der Waals surface area contributed by atoms with Gasteiger partial charge in [0.1, 0.15) is 0 Å². The van der Waals surface area contributed by atoms with Crippen LogP contribution in [0.1, 0.15) is 97.6 Å². The summed E-state index contributed by atoms with van der Waals surface area (Å²) in [5.41, 5.74) is 9.85. The van der Waals surface area contributed by atoms with Gasteiger partial charge in [0.2, 0.25) is 5.91 Å². The van der Waals surface area contributed by atoms with Gasteiger partial charge < -0.3 is 21.3 Å². The molecule has 0 aliphatic heterocycles. The molecule has 0 radical (unpaired) electrons. The summed E-state index contributed by atoms with van der Waals surface area (Å²) < 4.78 is 0. The Hall–Kier alpha value is -3.19. The van der Waals surface area contributed by atoms with Gasteiger partial charge in [0, 0.05) is 48.8 Å². The van der Waals surface area contributed by atoms with Gasteiger partial charge in [-0.15, -0.1) is 0 Å². The predicted molar refractivity (Wildman–Crippen MR) is 166 cm³/mol. The van der Waals surface area contributed by atoms with Crippen molar-refractivity contribution in [1.29, 1.82) is 0 Å². The van der Waals surface area contributed by atoms with Gasteiger partial charge in [0.15, 0.2) is 0 Å². The Bertz CT molecular complexity index is 1140. The summed E-state index contributed by atoms with van der Waals surface area (Å²) in [5.74, 6) is -0.0143. The third-order valence-electron chi connectivity index (χ3n) is 8.13. The molecular weight excluding hydrogens is 512 g/mol. The van der Waals surface area contributed by atoms with Crippen LogP contribution in [0.3, 0.4) is 0 Å². The average molecular weight is 563 g/mol. The second kappa shape index (κ2) is 16.3. The molecule has 0 spiro atoms. The van der Waals surface area contributed by atoms with Crippen molar-refractivity contribution in [1.82, 2.24) is 15.5 Å². The lowest BCUT2D eigenvalue weighted by Crippen LogP contribution is -2.50. The van der Waals surface area contributed by atoms with Gasteiger partial charge in [-0.1, -0.05) is 69.5 Å². The molecule has 1 aliphatic rings. The molecule has 7 nitrogen and oxygen atoms in total. The second-order valence-electron chi connectivity index (χ2n) is 11.8. The first-order valence-electron chi connectivity index (χ1n) is 15.5. The van der Waals surface area contributed by atoms with Crippen molar-refractivity contribution in [2.45, 2.75) is 91.1 Å². The lowest BCUT2D eigenvalue weighted by atomic mass is 9.91. The standard InChI is InChI=1S/C34H50N4O3/c1-5-17-38(18-6-2)34(41)29-16-10-15-28(22-29)33(40)37-31(21-27-14-9-11-24(3)19-27)30(35)20-25(4)32(39)36-23-26-12-7-8-13-26/h9-11,14-16,19,22,25-26,30-31H,5-8,12-13,17-18,20-21,23,35H2,1-4H3,(H,36,39)(H,37,40)/t25-,30+,31+/m1/s1. The van der Waals surface area contributed by atoms with Crippen molar-refractivity contribution in [2.75, 3.05) is 19.6 Å². The molecule has 224 valence electrons. The highest BCUT2D eigenvalue weighted by atomic mass is 16.2. The van der Waals surface area contributed by atoms with E-state index in [0.29, 0.717) is 43.0 Å². The van der Waals surface area contributed by atoms with E-state index in [1.54, 1.807) is 24.3 Å². The molecule has 0 bridgehead atoms. The van der Waals surface area contributed by atoms with Crippen LogP contribution >= 0.6 is 0 Å². The van der Waals surface area contributed by atoms with Gasteiger partial charge in [0.05, 0.1) is 0 Å². The molecule has 3 amide bonds. The Morgan fingerprint density at radius 3 is 2.29 bits per heavy atom. The van der Waals surface area contributed by atoms with E-state index in [1.807, 2.05) is 36.9 Å². The van der Waals surface area contributed by atoms with Crippen molar-refractivity contribution in [3.63, 3.8) is 0 Å². The number of amides is 3. The van der Waals surface area contributed by atoms with Crippen LogP contribution in [0.4, 0.5) is 0 Å². The van der Waals surface area contributed by atoms with Crippen LogP contribution in [0.15, 0.2) is 48.5 Å². The molecule has 0 unspecified atom stereocenters. The first-order valence-corrected chi connectivity index (χ1v) is 15.5. The fourth-order valence-electron chi connectivity index (χ4n) is 5.80. The maximum Gasteiger partial charge on any atom is 0.253 e. The van der Waals surface area contributed by atoms with Gasteiger partial charge in [-0.25, -0.2) is 0 Å². The lowest BCUT2D eigenvalue weighted by Gasteiger charge is -2.28. The molecule has 2 aromatic rings. The third-order valence-corrected chi connectivity index (χ3v) is 8.13. The van der Waals surface area contributed by atoms with Crippen molar-refractivity contribution in [2.24, 2.45) is 17.6 Å². The van der Waals surface area contributed by atoms with Crippen LogP contribution in [0.5, 0.6) is 0 Å². The molecule has 1 fully saturated rings. The Balaban J connectivity index is 1.72. The predicted octanol–water partition coefficient (Wildman–Crippen LogP) is 5.26. The smallest absolute Gasteiger partial charge is 0.253 e. The second-order valence-corrected chi connectivity index (χ2v) is 11.8. The Kier molecular flexibility index (Phi) is 12.9. The summed E-state index contributed by atoms with van der Waals surface area (Å²) in [4.78, 5) is 41.4. The lowest BCUT2D eigenvalue weighted by molar-refractivity contribution is -0.125. The molecular formula is C34H50N4O3. The van der Waals surface area contributed by atoms with E-state index in [2.05, 4.69) is 30.5 Å². The quantitative estimate of drug-likeness (QED) is 0.275. The molecule has 41 heavy (non-hydrogen) atoms. The first-order chi connectivity index (χ1) is 19.7. The van der Waals surface area contributed by atoms with Gasteiger partial charge in [0.25, 0.3) is 11.8 Å². The largest absolute Gasteiger partial charge is 0.356 e. The van der Waals surface area contributed by atoms with Crippen LogP contribution < -0.4 is 16.4 Å². The number of hydrogen-bond acceptors (Lipinski definition) is 4. The van der Waals surface area contributed by atoms with Crippen LogP contribution in [0.25, 0.3) is 0 Å². The monoisotopic (exact) mass is 562 g/mol. The highest BCUT2D eigenvalue weighted by Gasteiger charge is 2.27. The number of carbonyl (C=O) groups is 3. The molecule has 7 heteroatoms. The van der Waals surface area contributed by atoms with Crippen LogP contribution in [0.2, 0.25) is 0 Å². The summed E-state index contributed by atoms with van der Waals surface area (Å²) in [7, 11) is 0. The van der Waals surface area contributed by atoms with Gasteiger partial charge in [-0.3, -0.25) is 14.4 Å². The molecule has 4 N–H and O–H groups in total. The van der Waals surface area contributed by atoms with Crippen molar-refractivity contribution >= 4 is 17.7 Å². The minimum absolute atomic E-state index is 0.0166. The summed E-state index contributed by atoms with van der Waals surface area (Å²) in [6, 6.07) is 14.3. The minimum Gasteiger partial charge on any atom is -0.356 e. The highest BCUT2D eigenvalue weighted by molar-refractivity contribution is 5.99. The van der Waals surface area contributed by atoms with E-state index in [9.17, 15) is 14.4 Å². The molecule has 2 aromatic carbocycles. The Morgan fingerprint density at radius 2 is 1.63 bits per heavy atom. The van der Waals surface area contributed by atoms with E-state index in [-0.39, 0.29) is 29.7 Å². The number of benzene rings is 2. The number of nitrogens with two attached hydrogens (primary N) is 1. The number of nitrogens with zero attached hydrogens (tertiary/aromatic N) is 1. The molecule has 0 saturated heterocycles. The zero-order valence-electron chi connectivity index (χ0n) is 25.5. The van der Waals surface area contributed by atoms with Crippen LogP contribution in [0, 0.1) is 18.8 Å². The van der Waals surface area contributed by atoms with E-state index in [0.717, 1.165) is 30.5 Å².